The minimum atomic E-state index is -3.63. The molecule has 0 heterocycles. The number of aryl methyl sites for hydroxylation is 3. The molecule has 0 saturated heterocycles. The average molecular weight is 519 g/mol. The molecule has 0 unspecified atom stereocenters. The molecule has 0 aliphatic rings. The molecule has 5 nitrogen and oxygen atoms in total. The first kappa shape index (κ1) is 26.1. The molecule has 0 spiro atoms. The van der Waals surface area contributed by atoms with Gasteiger partial charge in [0.05, 0.1) is 24.5 Å². The summed E-state index contributed by atoms with van der Waals surface area (Å²) in [5, 5.41) is 3.79. The smallest absolute Gasteiger partial charge is 0.251 e. The highest BCUT2D eigenvalue weighted by atomic mass is 35.5. The molecule has 0 aliphatic heterocycles. The summed E-state index contributed by atoms with van der Waals surface area (Å²) >= 11 is 12.5. The zero-order valence-electron chi connectivity index (χ0n) is 19.8. The Morgan fingerprint density at radius 1 is 0.941 bits per heavy atom. The zero-order valence-corrected chi connectivity index (χ0v) is 22.1. The van der Waals surface area contributed by atoms with E-state index in [2.05, 4.69) is 31.3 Å². The van der Waals surface area contributed by atoms with Crippen molar-refractivity contribution in [2.75, 3.05) is 10.6 Å². The van der Waals surface area contributed by atoms with Crippen molar-refractivity contribution < 1.29 is 13.2 Å². The Morgan fingerprint density at radius 3 is 2.06 bits per heavy atom. The van der Waals surface area contributed by atoms with Gasteiger partial charge >= 0.3 is 0 Å². The molecule has 0 aromatic heterocycles. The normalized spacial score (nSPS) is 12.3. The maximum absolute atomic E-state index is 12.9. The summed E-state index contributed by atoms with van der Waals surface area (Å²) in [7, 11) is -3.63. The van der Waals surface area contributed by atoms with Gasteiger partial charge in [0.15, 0.2) is 0 Å². The molecule has 1 atom stereocenters. The van der Waals surface area contributed by atoms with Crippen molar-refractivity contribution in [3.05, 3.63) is 98.0 Å². The Hall–Kier alpha value is -2.54. The molecule has 0 radical (unpaired) electrons. The van der Waals surface area contributed by atoms with Crippen molar-refractivity contribution in [1.82, 2.24) is 5.32 Å². The fourth-order valence-corrected chi connectivity index (χ4v) is 5.20. The molecular weight excluding hydrogens is 491 g/mol. The number of hydrogen-bond acceptors (Lipinski definition) is 3. The first-order valence-electron chi connectivity index (χ1n) is 10.8. The van der Waals surface area contributed by atoms with E-state index in [1.807, 2.05) is 13.8 Å². The topological polar surface area (TPSA) is 66.5 Å². The molecule has 0 fully saturated rings. The summed E-state index contributed by atoms with van der Waals surface area (Å²) in [4.78, 5) is 12.9. The number of hydrogen-bond donors (Lipinski definition) is 1. The van der Waals surface area contributed by atoms with Gasteiger partial charge in [0.2, 0.25) is 10.0 Å². The van der Waals surface area contributed by atoms with E-state index in [0.29, 0.717) is 26.9 Å². The number of nitrogens with one attached hydrogen (secondary N) is 1. The zero-order chi connectivity index (χ0) is 25.2. The number of benzene rings is 3. The number of rotatable bonds is 7. The third-order valence-electron chi connectivity index (χ3n) is 5.88. The molecule has 34 heavy (non-hydrogen) atoms. The second kappa shape index (κ2) is 10.4. The van der Waals surface area contributed by atoms with Crippen molar-refractivity contribution in [3.63, 3.8) is 0 Å². The van der Waals surface area contributed by atoms with Crippen LogP contribution in [0.2, 0.25) is 10.0 Å². The highest BCUT2D eigenvalue weighted by Gasteiger charge is 2.21. The van der Waals surface area contributed by atoms with E-state index >= 15 is 0 Å². The quantitative estimate of drug-likeness (QED) is 0.394. The fraction of sp³-hybridized carbons (Fsp3) is 0.269. The number of amides is 1. The van der Waals surface area contributed by atoms with E-state index in [1.165, 1.54) is 15.4 Å². The maximum Gasteiger partial charge on any atom is 0.251 e. The third kappa shape index (κ3) is 5.93. The molecule has 1 amide bonds. The van der Waals surface area contributed by atoms with Crippen LogP contribution < -0.4 is 9.62 Å². The SMILES string of the molecule is Cc1cc(C)c([C@H](C)NC(=O)c2ccc(N(Cc3c(Cl)cccc3Cl)S(C)(=O)=O)cc2)cc1C. The van der Waals surface area contributed by atoms with Gasteiger partial charge in [-0.3, -0.25) is 9.10 Å². The van der Waals surface area contributed by atoms with Crippen LogP contribution in [0.5, 0.6) is 0 Å². The van der Waals surface area contributed by atoms with Gasteiger partial charge in [-0.25, -0.2) is 8.42 Å². The average Bonchev–Trinajstić information content (AvgIpc) is 2.75. The van der Waals surface area contributed by atoms with Crippen LogP contribution in [0.1, 0.15) is 51.1 Å². The molecule has 0 saturated carbocycles. The maximum atomic E-state index is 12.9. The van der Waals surface area contributed by atoms with Gasteiger partial charge in [-0.2, -0.15) is 0 Å². The van der Waals surface area contributed by atoms with Crippen LogP contribution in [-0.2, 0) is 16.6 Å². The van der Waals surface area contributed by atoms with Crippen LogP contribution in [0.25, 0.3) is 0 Å². The molecule has 0 bridgehead atoms. The van der Waals surface area contributed by atoms with Crippen molar-refractivity contribution in [3.8, 4) is 0 Å². The van der Waals surface area contributed by atoms with E-state index in [0.717, 1.165) is 17.4 Å². The van der Waals surface area contributed by atoms with Gasteiger partial charge in [0, 0.05) is 21.2 Å². The van der Waals surface area contributed by atoms with Crippen molar-refractivity contribution in [1.29, 1.82) is 0 Å². The Morgan fingerprint density at radius 2 is 1.50 bits per heavy atom. The Bertz CT molecular complexity index is 1300. The standard InChI is InChI=1S/C26H28Cl2N2O3S/c1-16-13-18(3)22(14-17(16)2)19(4)29-26(31)20-9-11-21(12-10-20)30(34(5,32)33)15-23-24(27)7-6-8-25(23)28/h6-14,19H,15H2,1-5H3,(H,29,31)/t19-/m0/s1. The molecule has 0 aliphatic carbocycles. The van der Waals surface area contributed by atoms with E-state index in [9.17, 15) is 13.2 Å². The van der Waals surface area contributed by atoms with Crippen molar-refractivity contribution in [2.24, 2.45) is 0 Å². The predicted molar refractivity (Wildman–Crippen MR) is 140 cm³/mol. The molecule has 3 aromatic rings. The lowest BCUT2D eigenvalue weighted by atomic mass is 9.96. The summed E-state index contributed by atoms with van der Waals surface area (Å²) < 4.78 is 26.3. The van der Waals surface area contributed by atoms with Gasteiger partial charge < -0.3 is 5.32 Å². The molecule has 3 aromatic carbocycles. The van der Waals surface area contributed by atoms with Gasteiger partial charge in [-0.15, -0.1) is 0 Å². The minimum Gasteiger partial charge on any atom is -0.346 e. The summed E-state index contributed by atoms with van der Waals surface area (Å²) in [5.74, 6) is -0.239. The van der Waals surface area contributed by atoms with Crippen LogP contribution >= 0.6 is 23.2 Å². The lowest BCUT2D eigenvalue weighted by Gasteiger charge is -2.24. The monoisotopic (exact) mass is 518 g/mol. The number of carbonyl (C=O) groups is 1. The fourth-order valence-electron chi connectivity index (χ4n) is 3.81. The van der Waals surface area contributed by atoms with E-state index < -0.39 is 10.0 Å². The number of anilines is 1. The Balaban J connectivity index is 1.82. The minimum absolute atomic E-state index is 0.0219. The van der Waals surface area contributed by atoms with Crippen LogP contribution in [0.4, 0.5) is 5.69 Å². The predicted octanol–water partition coefficient (Wildman–Crippen LogP) is 6.38. The van der Waals surface area contributed by atoms with E-state index in [-0.39, 0.29) is 18.5 Å². The third-order valence-corrected chi connectivity index (χ3v) is 7.73. The molecular formula is C26H28Cl2N2O3S. The second-order valence-corrected chi connectivity index (χ2v) is 11.2. The van der Waals surface area contributed by atoms with Crippen LogP contribution in [-0.4, -0.2) is 20.6 Å². The lowest BCUT2D eigenvalue weighted by Crippen LogP contribution is -2.30. The lowest BCUT2D eigenvalue weighted by molar-refractivity contribution is 0.0940. The number of sulfonamides is 1. The van der Waals surface area contributed by atoms with Crippen molar-refractivity contribution >= 4 is 44.8 Å². The largest absolute Gasteiger partial charge is 0.346 e. The highest BCUT2D eigenvalue weighted by molar-refractivity contribution is 7.92. The van der Waals surface area contributed by atoms with E-state index in [4.69, 9.17) is 23.2 Å². The summed E-state index contributed by atoms with van der Waals surface area (Å²) in [5.41, 5.74) is 5.92. The van der Waals surface area contributed by atoms with Gasteiger partial charge in [0.25, 0.3) is 5.91 Å². The number of halogens is 2. The second-order valence-electron chi connectivity index (χ2n) is 8.50. The van der Waals surface area contributed by atoms with Crippen LogP contribution in [0.15, 0.2) is 54.6 Å². The first-order chi connectivity index (χ1) is 15.9. The number of nitrogens with zero attached hydrogens (tertiary/aromatic N) is 1. The summed E-state index contributed by atoms with van der Waals surface area (Å²) in [6.45, 7) is 8.07. The molecule has 180 valence electrons. The van der Waals surface area contributed by atoms with Crippen LogP contribution in [0, 0.1) is 20.8 Å². The molecule has 1 N–H and O–H groups in total. The molecule has 3 rings (SSSR count). The Kier molecular flexibility index (Phi) is 7.96. The summed E-state index contributed by atoms with van der Waals surface area (Å²) in [6.07, 6.45) is 1.12. The molecule has 8 heteroatoms. The van der Waals surface area contributed by atoms with Crippen LogP contribution in [0.3, 0.4) is 0 Å². The van der Waals surface area contributed by atoms with Gasteiger partial charge in [-0.1, -0.05) is 41.4 Å². The summed E-state index contributed by atoms with van der Waals surface area (Å²) in [6, 6.07) is 15.5. The Labute approximate surface area is 211 Å². The van der Waals surface area contributed by atoms with Gasteiger partial charge in [0.1, 0.15) is 0 Å². The first-order valence-corrected chi connectivity index (χ1v) is 13.4. The number of carbonyl (C=O) groups excluding carboxylic acids is 1. The van der Waals surface area contributed by atoms with Crippen molar-refractivity contribution in [2.45, 2.75) is 40.3 Å². The highest BCUT2D eigenvalue weighted by Crippen LogP contribution is 2.29. The van der Waals surface area contributed by atoms with Gasteiger partial charge in [-0.05, 0) is 86.3 Å². The van der Waals surface area contributed by atoms with E-state index in [1.54, 1.807) is 42.5 Å².